The number of alkyl halides is 1. The summed E-state index contributed by atoms with van der Waals surface area (Å²) in [6.45, 7) is 0. The lowest BCUT2D eigenvalue weighted by atomic mass is 10.1. The molecule has 10 heavy (non-hydrogen) atoms. The third kappa shape index (κ3) is 1.18. The van der Waals surface area contributed by atoms with E-state index in [0.717, 1.165) is 11.8 Å². The summed E-state index contributed by atoms with van der Waals surface area (Å²) in [6.07, 6.45) is 8.46. The van der Waals surface area contributed by atoms with Gasteiger partial charge in [0.15, 0.2) is 0 Å². The second-order valence-corrected chi connectivity index (χ2v) is 3.40. The summed E-state index contributed by atoms with van der Waals surface area (Å²) >= 11 is 3.40. The van der Waals surface area contributed by atoms with Crippen LogP contribution < -0.4 is 0 Å². The molecule has 1 aliphatic heterocycles. The minimum atomic E-state index is 0.416. The fraction of sp³-hybridized carbons (Fsp3) is 0.500. The first-order valence-corrected chi connectivity index (χ1v) is 4.62. The molecule has 0 spiro atoms. The zero-order chi connectivity index (χ0) is 6.97. The van der Waals surface area contributed by atoms with E-state index < -0.39 is 0 Å². The summed E-state index contributed by atoms with van der Waals surface area (Å²) in [5, 5.41) is 1.04. The molecule has 2 aliphatic rings. The first kappa shape index (κ1) is 6.62. The summed E-state index contributed by atoms with van der Waals surface area (Å²) in [5.74, 6) is 0. The Morgan fingerprint density at radius 3 is 3.10 bits per heavy atom. The molecule has 0 aromatic rings. The number of ether oxygens (including phenoxy) is 1. The molecule has 0 saturated carbocycles. The molecule has 0 amide bonds. The van der Waals surface area contributed by atoms with Crippen molar-refractivity contribution in [1.82, 2.24) is 0 Å². The lowest BCUT2D eigenvalue weighted by molar-refractivity contribution is 0.414. The zero-order valence-electron chi connectivity index (χ0n) is 5.59. The molecule has 0 aromatic carbocycles. The van der Waals surface area contributed by atoms with Gasteiger partial charge in [0.05, 0.1) is 0 Å². The molecule has 2 rings (SSSR count). The minimum absolute atomic E-state index is 0.416. The highest BCUT2D eigenvalue weighted by Crippen LogP contribution is 2.30. The van der Waals surface area contributed by atoms with Crippen molar-refractivity contribution >= 4 is 15.9 Å². The molecule has 0 aromatic heterocycles. The monoisotopic (exact) mass is 200 g/mol. The number of rotatable bonds is 2. The number of hydrogen-bond acceptors (Lipinski definition) is 1. The molecule has 2 atom stereocenters. The third-order valence-corrected chi connectivity index (χ3v) is 2.22. The van der Waals surface area contributed by atoms with Crippen molar-refractivity contribution < 1.29 is 4.74 Å². The van der Waals surface area contributed by atoms with Crippen LogP contribution in [0.3, 0.4) is 0 Å². The molecule has 1 fully saturated rings. The molecule has 1 saturated heterocycles. The number of fused-ring (bicyclic) bond motifs is 1. The van der Waals surface area contributed by atoms with Gasteiger partial charge in [-0.05, 0) is 18.1 Å². The minimum Gasteiger partial charge on any atom is -0.361 e. The summed E-state index contributed by atoms with van der Waals surface area (Å²) in [7, 11) is 0. The Morgan fingerprint density at radius 2 is 2.40 bits per heavy atom. The largest absolute Gasteiger partial charge is 0.361 e. The fourth-order valence-electron chi connectivity index (χ4n) is 1.19. The van der Waals surface area contributed by atoms with Gasteiger partial charge < -0.3 is 4.74 Å². The van der Waals surface area contributed by atoms with Crippen LogP contribution in [-0.2, 0) is 4.74 Å². The van der Waals surface area contributed by atoms with Gasteiger partial charge in [-0.2, -0.15) is 0 Å². The predicted octanol–water partition coefficient (Wildman–Crippen LogP) is 2.04. The Morgan fingerprint density at radius 1 is 1.50 bits per heavy atom. The van der Waals surface area contributed by atoms with Crippen LogP contribution in [0.2, 0.25) is 0 Å². The summed E-state index contributed by atoms with van der Waals surface area (Å²) in [5.41, 5.74) is 1.40. The summed E-state index contributed by atoms with van der Waals surface area (Å²) in [6, 6.07) is 0. The quantitative estimate of drug-likeness (QED) is 0.492. The van der Waals surface area contributed by atoms with Crippen LogP contribution in [0.5, 0.6) is 0 Å². The predicted molar refractivity (Wildman–Crippen MR) is 44.3 cm³/mol. The van der Waals surface area contributed by atoms with Gasteiger partial charge >= 0.3 is 0 Å². The Bertz CT molecular complexity index is 195. The number of allylic oxidation sites excluding steroid dienone is 2. The van der Waals surface area contributed by atoms with E-state index in [9.17, 15) is 0 Å². The molecule has 1 heterocycles. The van der Waals surface area contributed by atoms with E-state index in [1.807, 2.05) is 0 Å². The van der Waals surface area contributed by atoms with Gasteiger partial charge in [0, 0.05) is 5.33 Å². The highest BCUT2D eigenvalue weighted by atomic mass is 79.9. The van der Waals surface area contributed by atoms with Crippen LogP contribution in [0, 0.1) is 0 Å². The number of epoxide rings is 1. The summed E-state index contributed by atoms with van der Waals surface area (Å²) < 4.78 is 5.28. The van der Waals surface area contributed by atoms with Crippen LogP contribution in [-0.4, -0.2) is 17.5 Å². The molecular formula is C8H9BrO. The molecule has 1 nitrogen and oxygen atoms in total. The number of hydrogen-bond donors (Lipinski definition) is 0. The van der Waals surface area contributed by atoms with Crippen LogP contribution in [0.15, 0.2) is 23.8 Å². The molecule has 2 heteroatoms. The van der Waals surface area contributed by atoms with E-state index in [-0.39, 0.29) is 0 Å². The van der Waals surface area contributed by atoms with Crippen LogP contribution in [0.25, 0.3) is 0 Å². The van der Waals surface area contributed by atoms with Crippen molar-refractivity contribution in [3.8, 4) is 0 Å². The van der Waals surface area contributed by atoms with Crippen molar-refractivity contribution in [2.45, 2.75) is 18.6 Å². The van der Waals surface area contributed by atoms with E-state index in [1.165, 1.54) is 5.57 Å². The van der Waals surface area contributed by atoms with Gasteiger partial charge in [-0.15, -0.1) is 0 Å². The van der Waals surface area contributed by atoms with Gasteiger partial charge in [-0.25, -0.2) is 0 Å². The molecule has 54 valence electrons. The Labute approximate surface area is 68.9 Å². The zero-order valence-corrected chi connectivity index (χ0v) is 7.17. The Hall–Kier alpha value is -0.0800. The van der Waals surface area contributed by atoms with E-state index >= 15 is 0 Å². The average Bonchev–Trinajstić information content (AvgIpc) is 2.66. The second kappa shape index (κ2) is 2.51. The first-order valence-electron chi connectivity index (χ1n) is 3.50. The molecule has 1 aliphatic carbocycles. The second-order valence-electron chi connectivity index (χ2n) is 2.60. The average molecular weight is 201 g/mol. The van der Waals surface area contributed by atoms with Crippen molar-refractivity contribution in [1.29, 1.82) is 0 Å². The molecule has 0 radical (unpaired) electrons. The maximum atomic E-state index is 5.28. The van der Waals surface area contributed by atoms with Crippen molar-refractivity contribution in [2.75, 3.05) is 5.33 Å². The van der Waals surface area contributed by atoms with Gasteiger partial charge in [-0.3, -0.25) is 0 Å². The van der Waals surface area contributed by atoms with E-state index in [0.29, 0.717) is 12.2 Å². The van der Waals surface area contributed by atoms with Crippen molar-refractivity contribution in [3.63, 3.8) is 0 Å². The molecular weight excluding hydrogens is 192 g/mol. The van der Waals surface area contributed by atoms with E-state index in [4.69, 9.17) is 4.74 Å². The van der Waals surface area contributed by atoms with Crippen LogP contribution >= 0.6 is 15.9 Å². The molecule has 0 bridgehead atoms. The van der Waals surface area contributed by atoms with E-state index in [1.54, 1.807) is 0 Å². The Balaban J connectivity index is 2.02. The van der Waals surface area contributed by atoms with Crippen molar-refractivity contribution in [2.24, 2.45) is 0 Å². The molecule has 2 unspecified atom stereocenters. The van der Waals surface area contributed by atoms with Crippen LogP contribution in [0.1, 0.15) is 6.42 Å². The maximum absolute atomic E-state index is 5.28. The lowest BCUT2D eigenvalue weighted by Gasteiger charge is -1.99. The number of halogens is 1. The maximum Gasteiger partial charge on any atom is 0.107 e. The van der Waals surface area contributed by atoms with E-state index in [2.05, 4.69) is 34.2 Å². The van der Waals surface area contributed by atoms with Crippen LogP contribution in [0.4, 0.5) is 0 Å². The first-order chi connectivity index (χ1) is 4.90. The smallest absolute Gasteiger partial charge is 0.107 e. The normalized spacial score (nSPS) is 35.1. The van der Waals surface area contributed by atoms with Crippen molar-refractivity contribution in [3.05, 3.63) is 23.8 Å². The van der Waals surface area contributed by atoms with Gasteiger partial charge in [-0.1, -0.05) is 28.1 Å². The topological polar surface area (TPSA) is 12.5 Å². The van der Waals surface area contributed by atoms with Gasteiger partial charge in [0.1, 0.15) is 12.2 Å². The van der Waals surface area contributed by atoms with Gasteiger partial charge in [0.2, 0.25) is 0 Å². The fourth-order valence-corrected chi connectivity index (χ4v) is 1.64. The highest BCUT2D eigenvalue weighted by molar-refractivity contribution is 9.09. The Kier molecular flexibility index (Phi) is 1.66. The lowest BCUT2D eigenvalue weighted by Crippen LogP contribution is -1.94. The summed E-state index contributed by atoms with van der Waals surface area (Å²) in [4.78, 5) is 0. The SMILES string of the molecule is BrCCC1=CC2OC2C=C1. The highest BCUT2D eigenvalue weighted by Gasteiger charge is 2.36. The van der Waals surface area contributed by atoms with Gasteiger partial charge in [0.25, 0.3) is 0 Å². The molecule has 0 N–H and O–H groups in total. The standard InChI is InChI=1S/C8H9BrO/c9-4-3-6-1-2-7-8(5-6)10-7/h1-2,5,7-8H,3-4H2. The third-order valence-electron chi connectivity index (χ3n) is 1.82.